The summed E-state index contributed by atoms with van der Waals surface area (Å²) >= 11 is 1.45. The smallest absolute Gasteiger partial charge is 0.258 e. The number of nitrogens with zero attached hydrogens (tertiary/aromatic N) is 1. The molecule has 1 rings (SSSR count). The van der Waals surface area contributed by atoms with Crippen LogP contribution >= 0.6 is 11.8 Å². The summed E-state index contributed by atoms with van der Waals surface area (Å²) in [5.41, 5.74) is 1.19. The van der Waals surface area contributed by atoms with Crippen molar-refractivity contribution in [1.29, 1.82) is 0 Å². The van der Waals surface area contributed by atoms with E-state index in [-0.39, 0.29) is 5.69 Å². The maximum absolute atomic E-state index is 10.3. The monoisotopic (exact) mass is 182 g/mol. The van der Waals surface area contributed by atoms with Crippen molar-refractivity contribution in [3.05, 3.63) is 46.2 Å². The van der Waals surface area contributed by atoms with Crippen LogP contribution in [0.15, 0.2) is 24.3 Å². The van der Waals surface area contributed by atoms with Crippen molar-refractivity contribution in [3.63, 3.8) is 0 Å². The molecule has 0 aliphatic carbocycles. The molecule has 0 saturated carbocycles. The highest BCUT2D eigenvalue weighted by Gasteiger charge is 2.02. The van der Waals surface area contributed by atoms with Crippen LogP contribution in [0.1, 0.15) is 5.56 Å². The Morgan fingerprint density at radius 2 is 2.00 bits per heavy atom. The minimum Gasteiger partial charge on any atom is -0.258 e. The molecular weight excluding hydrogens is 174 g/mol. The van der Waals surface area contributed by atoms with E-state index in [1.807, 2.05) is 0 Å². The summed E-state index contributed by atoms with van der Waals surface area (Å²) in [4.78, 5) is 9.86. The van der Waals surface area contributed by atoms with Crippen molar-refractivity contribution in [1.82, 2.24) is 0 Å². The fourth-order valence-electron chi connectivity index (χ4n) is 0.832. The highest BCUT2D eigenvalue weighted by atomic mass is 32.2. The van der Waals surface area contributed by atoms with Crippen molar-refractivity contribution in [2.45, 2.75) is 5.75 Å². The van der Waals surface area contributed by atoms with Gasteiger partial charge in [0.25, 0.3) is 5.69 Å². The molecule has 4 heteroatoms. The van der Waals surface area contributed by atoms with E-state index in [1.54, 1.807) is 12.1 Å². The summed E-state index contributed by atoms with van der Waals surface area (Å²) in [5, 5.41) is 10.3. The molecule has 1 radical (unpaired) electrons. The molecule has 1 aromatic rings. The second-order valence-corrected chi connectivity index (χ2v) is 2.97. The molecule has 0 saturated heterocycles. The summed E-state index contributed by atoms with van der Waals surface area (Å²) < 4.78 is 0. The number of benzene rings is 1. The van der Waals surface area contributed by atoms with Crippen molar-refractivity contribution < 1.29 is 4.92 Å². The molecule has 0 aromatic heterocycles. The molecule has 0 N–H and O–H groups in total. The zero-order valence-corrected chi connectivity index (χ0v) is 7.21. The van der Waals surface area contributed by atoms with E-state index in [4.69, 9.17) is 0 Å². The summed E-state index contributed by atoms with van der Waals surface area (Å²) in [6, 6.07) is 6.50. The van der Waals surface area contributed by atoms with Crippen LogP contribution in [-0.2, 0) is 5.75 Å². The second kappa shape index (κ2) is 4.11. The first-order valence-corrected chi connectivity index (χ1v) is 4.50. The SMILES string of the molecule is [CH2]SCc1ccc([N+](=O)[O-])cc1. The zero-order valence-electron chi connectivity index (χ0n) is 6.40. The molecule has 0 aliphatic rings. The lowest BCUT2D eigenvalue weighted by Crippen LogP contribution is -1.87. The molecule has 0 aliphatic heterocycles. The molecule has 0 fully saturated rings. The van der Waals surface area contributed by atoms with Crippen molar-refractivity contribution in [3.8, 4) is 0 Å². The topological polar surface area (TPSA) is 43.1 Å². The third-order valence-electron chi connectivity index (χ3n) is 1.42. The number of nitro groups is 1. The Balaban J connectivity index is 2.78. The van der Waals surface area contributed by atoms with Crippen LogP contribution in [0.5, 0.6) is 0 Å². The van der Waals surface area contributed by atoms with Crippen LogP contribution in [-0.4, -0.2) is 4.92 Å². The molecule has 12 heavy (non-hydrogen) atoms. The molecule has 0 amide bonds. The Labute approximate surface area is 74.9 Å². The van der Waals surface area contributed by atoms with Gasteiger partial charge in [0.15, 0.2) is 0 Å². The predicted octanol–water partition coefficient (Wildman–Crippen LogP) is 2.62. The molecule has 0 bridgehead atoms. The average molecular weight is 182 g/mol. The number of non-ortho nitro benzene ring substituents is 1. The van der Waals surface area contributed by atoms with Gasteiger partial charge in [0.05, 0.1) is 4.92 Å². The van der Waals surface area contributed by atoms with Crippen LogP contribution in [0.4, 0.5) is 5.69 Å². The molecule has 1 aromatic carbocycles. The lowest BCUT2D eigenvalue weighted by atomic mass is 10.2. The van der Waals surface area contributed by atoms with Crippen LogP contribution in [0.2, 0.25) is 0 Å². The van der Waals surface area contributed by atoms with E-state index in [0.29, 0.717) is 0 Å². The van der Waals surface area contributed by atoms with E-state index in [9.17, 15) is 10.1 Å². The highest BCUT2D eigenvalue weighted by Crippen LogP contribution is 2.15. The van der Waals surface area contributed by atoms with E-state index in [2.05, 4.69) is 6.26 Å². The molecule has 0 heterocycles. The molecule has 63 valence electrons. The minimum atomic E-state index is -0.402. The van der Waals surface area contributed by atoms with Gasteiger partial charge in [-0.25, -0.2) is 0 Å². The van der Waals surface area contributed by atoms with Gasteiger partial charge in [-0.2, -0.15) is 11.8 Å². The van der Waals surface area contributed by atoms with Gasteiger partial charge in [-0.05, 0) is 5.56 Å². The van der Waals surface area contributed by atoms with Gasteiger partial charge in [0.2, 0.25) is 0 Å². The molecule has 0 unspecified atom stereocenters. The van der Waals surface area contributed by atoms with Gasteiger partial charge in [-0.1, -0.05) is 12.1 Å². The minimum absolute atomic E-state index is 0.132. The number of hydrogen-bond acceptors (Lipinski definition) is 3. The molecular formula is C8H8NO2S. The maximum Gasteiger partial charge on any atom is 0.269 e. The Kier molecular flexibility index (Phi) is 3.10. The van der Waals surface area contributed by atoms with Gasteiger partial charge in [0, 0.05) is 24.1 Å². The molecule has 3 nitrogen and oxygen atoms in total. The van der Waals surface area contributed by atoms with Gasteiger partial charge < -0.3 is 0 Å². The number of nitro benzene ring substituents is 1. The third kappa shape index (κ3) is 2.23. The van der Waals surface area contributed by atoms with Crippen LogP contribution < -0.4 is 0 Å². The van der Waals surface area contributed by atoms with Gasteiger partial charge >= 0.3 is 0 Å². The van der Waals surface area contributed by atoms with E-state index in [0.717, 1.165) is 11.3 Å². The number of thioether (sulfide) groups is 1. The fraction of sp³-hybridized carbons (Fsp3) is 0.125. The Morgan fingerprint density at radius 3 is 2.42 bits per heavy atom. The lowest BCUT2D eigenvalue weighted by Gasteiger charge is -1.96. The highest BCUT2D eigenvalue weighted by molar-refractivity contribution is 7.99. The largest absolute Gasteiger partial charge is 0.269 e. The second-order valence-electron chi connectivity index (χ2n) is 2.27. The van der Waals surface area contributed by atoms with E-state index >= 15 is 0 Å². The zero-order chi connectivity index (χ0) is 8.97. The summed E-state index contributed by atoms with van der Waals surface area (Å²) in [7, 11) is 0. The molecule has 0 atom stereocenters. The Morgan fingerprint density at radius 1 is 1.42 bits per heavy atom. The van der Waals surface area contributed by atoms with Gasteiger partial charge in [-0.3, -0.25) is 10.1 Å². The van der Waals surface area contributed by atoms with Crippen molar-refractivity contribution >= 4 is 17.4 Å². The first-order chi connectivity index (χ1) is 5.74. The average Bonchev–Trinajstić information content (AvgIpc) is 2.06. The van der Waals surface area contributed by atoms with E-state index in [1.165, 1.54) is 23.9 Å². The van der Waals surface area contributed by atoms with Crippen LogP contribution in [0, 0.1) is 16.4 Å². The first-order valence-electron chi connectivity index (χ1n) is 3.34. The van der Waals surface area contributed by atoms with Crippen molar-refractivity contribution in [2.24, 2.45) is 0 Å². The Bertz CT molecular complexity index is 271. The van der Waals surface area contributed by atoms with Crippen LogP contribution in [0.3, 0.4) is 0 Å². The molecule has 0 spiro atoms. The summed E-state index contributed by atoms with van der Waals surface area (Å²) in [6.45, 7) is 0. The van der Waals surface area contributed by atoms with E-state index < -0.39 is 4.92 Å². The normalized spacial score (nSPS) is 9.75. The standard InChI is InChI=1S/C8H8NO2S/c1-12-6-7-2-4-8(5-3-7)9(10)11/h2-5H,1,6H2. The quantitative estimate of drug-likeness (QED) is 0.533. The Hall–Kier alpha value is -1.03. The maximum atomic E-state index is 10.3. The fourth-order valence-corrected chi connectivity index (χ4v) is 1.26. The van der Waals surface area contributed by atoms with Gasteiger partial charge in [-0.15, -0.1) is 0 Å². The first kappa shape index (κ1) is 9.06. The summed E-state index contributed by atoms with van der Waals surface area (Å²) in [5.74, 6) is 0.790. The number of rotatable bonds is 3. The van der Waals surface area contributed by atoms with Gasteiger partial charge in [0.1, 0.15) is 0 Å². The van der Waals surface area contributed by atoms with Crippen LogP contribution in [0.25, 0.3) is 0 Å². The third-order valence-corrected chi connectivity index (χ3v) is 1.95. The summed E-state index contributed by atoms with van der Waals surface area (Å²) in [6.07, 6.45) is 3.62. The predicted molar refractivity (Wildman–Crippen MR) is 49.7 cm³/mol. The lowest BCUT2D eigenvalue weighted by molar-refractivity contribution is -0.384. The van der Waals surface area contributed by atoms with Crippen molar-refractivity contribution in [2.75, 3.05) is 0 Å². The number of hydrogen-bond donors (Lipinski definition) is 0.